The quantitative estimate of drug-likeness (QED) is 0.0634. The Morgan fingerprint density at radius 3 is 1.64 bits per heavy atom. The maximum atomic E-state index is 11.7. The average molecular weight is 639 g/mol. The second-order valence-corrected chi connectivity index (χ2v) is 14.2. The highest BCUT2D eigenvalue weighted by atomic mass is 16.6. The minimum Gasteiger partial charge on any atom is -0.455 e. The van der Waals surface area contributed by atoms with Gasteiger partial charge in [0.15, 0.2) is 0 Å². The van der Waals surface area contributed by atoms with Crippen molar-refractivity contribution in [2.45, 2.75) is 216 Å². The van der Waals surface area contributed by atoms with Gasteiger partial charge in [-0.3, -0.25) is 0 Å². The second-order valence-electron chi connectivity index (χ2n) is 14.2. The van der Waals surface area contributed by atoms with Crippen LogP contribution in [-0.4, -0.2) is 81.3 Å². The smallest absolute Gasteiger partial charge is 0.334 e. The van der Waals surface area contributed by atoms with Crippen LogP contribution in [-0.2, 0) is 19.0 Å². The number of rotatable bonds is 25. The summed E-state index contributed by atoms with van der Waals surface area (Å²) in [6.07, 6.45) is 21.7. The Bertz CT molecular complexity index is 833. The molecule has 2 fully saturated rings. The van der Waals surface area contributed by atoms with Crippen LogP contribution in [0.5, 0.6) is 0 Å². The molecule has 3 aliphatic heterocycles. The van der Waals surface area contributed by atoms with Gasteiger partial charge in [0.25, 0.3) is 0 Å². The lowest BCUT2D eigenvalue weighted by molar-refractivity contribution is -0.139. The van der Waals surface area contributed by atoms with Gasteiger partial charge >= 0.3 is 5.97 Å². The summed E-state index contributed by atoms with van der Waals surface area (Å²) in [5.74, 6) is -0.237. The van der Waals surface area contributed by atoms with Gasteiger partial charge in [-0.1, -0.05) is 77.6 Å². The fourth-order valence-electron chi connectivity index (χ4n) is 7.28. The van der Waals surface area contributed by atoms with Crippen molar-refractivity contribution in [2.75, 3.05) is 0 Å². The SMILES string of the molecule is CCCCCC[C@H](O)CCC[C@@H](O)[C@@H]1CC[C@@H]([C@@H]2CC[C@@H]([C@@H](O)CCCCCCCCC[C@H](O)CCC3=C[C@@H](C)OC3=O)O2)O1. The number of hydrogen-bond donors (Lipinski definition) is 4. The van der Waals surface area contributed by atoms with Crippen molar-refractivity contribution in [3.8, 4) is 0 Å². The number of hydrogen-bond acceptors (Lipinski definition) is 8. The Morgan fingerprint density at radius 1 is 0.644 bits per heavy atom. The molecule has 262 valence electrons. The molecule has 9 atom stereocenters. The van der Waals surface area contributed by atoms with E-state index in [0.29, 0.717) is 24.8 Å². The van der Waals surface area contributed by atoms with Crippen LogP contribution in [0.25, 0.3) is 0 Å². The van der Waals surface area contributed by atoms with Gasteiger partial charge in [0, 0.05) is 5.57 Å². The van der Waals surface area contributed by atoms with Crippen molar-refractivity contribution in [1.29, 1.82) is 0 Å². The van der Waals surface area contributed by atoms with Gasteiger partial charge in [0.2, 0.25) is 0 Å². The monoisotopic (exact) mass is 638 g/mol. The molecule has 0 bridgehead atoms. The molecule has 0 amide bonds. The molecule has 0 radical (unpaired) electrons. The highest BCUT2D eigenvalue weighted by molar-refractivity contribution is 5.90. The van der Waals surface area contributed by atoms with E-state index in [9.17, 15) is 25.2 Å². The van der Waals surface area contributed by atoms with Crippen LogP contribution in [0.4, 0.5) is 0 Å². The number of carbonyl (C=O) groups excluding carboxylic acids is 1. The molecule has 2 saturated heterocycles. The highest BCUT2D eigenvalue weighted by Crippen LogP contribution is 2.34. The summed E-state index contributed by atoms with van der Waals surface area (Å²) in [5, 5.41) is 41.9. The van der Waals surface area contributed by atoms with Crippen molar-refractivity contribution in [2.24, 2.45) is 0 Å². The summed E-state index contributed by atoms with van der Waals surface area (Å²) in [6, 6.07) is 0. The number of cyclic esters (lactones) is 1. The maximum absolute atomic E-state index is 11.7. The lowest BCUT2D eigenvalue weighted by Gasteiger charge is -2.24. The normalized spacial score (nSPS) is 27.8. The fourth-order valence-corrected chi connectivity index (χ4v) is 7.28. The molecule has 8 heteroatoms. The van der Waals surface area contributed by atoms with Crippen LogP contribution in [0.15, 0.2) is 11.6 Å². The van der Waals surface area contributed by atoms with Gasteiger partial charge in [-0.15, -0.1) is 0 Å². The van der Waals surface area contributed by atoms with Gasteiger partial charge in [0.1, 0.15) is 6.10 Å². The Balaban J connectivity index is 1.15. The van der Waals surface area contributed by atoms with Crippen molar-refractivity contribution in [1.82, 2.24) is 0 Å². The van der Waals surface area contributed by atoms with Gasteiger partial charge in [-0.2, -0.15) is 0 Å². The van der Waals surface area contributed by atoms with Crippen LogP contribution >= 0.6 is 0 Å². The Labute approximate surface area is 273 Å². The molecule has 45 heavy (non-hydrogen) atoms. The zero-order valence-electron chi connectivity index (χ0n) is 28.5. The van der Waals surface area contributed by atoms with E-state index >= 15 is 0 Å². The molecule has 3 aliphatic rings. The number of unbranched alkanes of at least 4 members (excludes halogenated alkanes) is 9. The second kappa shape index (κ2) is 21.8. The first kappa shape index (κ1) is 38.4. The largest absolute Gasteiger partial charge is 0.455 e. The molecule has 0 aromatic heterocycles. The predicted molar refractivity (Wildman–Crippen MR) is 177 cm³/mol. The van der Waals surface area contributed by atoms with Crippen molar-refractivity contribution in [3.63, 3.8) is 0 Å². The van der Waals surface area contributed by atoms with Gasteiger partial charge in [0.05, 0.1) is 48.8 Å². The first-order valence-electron chi connectivity index (χ1n) is 18.7. The molecular weight excluding hydrogens is 572 g/mol. The molecule has 0 unspecified atom stereocenters. The predicted octanol–water partition coefficient (Wildman–Crippen LogP) is 6.83. The van der Waals surface area contributed by atoms with Gasteiger partial charge in [-0.05, 0) is 90.0 Å². The third-order valence-corrected chi connectivity index (χ3v) is 10.1. The van der Waals surface area contributed by atoms with E-state index in [-0.39, 0.29) is 48.7 Å². The van der Waals surface area contributed by atoms with Crippen LogP contribution in [0.2, 0.25) is 0 Å². The zero-order valence-corrected chi connectivity index (χ0v) is 28.5. The van der Waals surface area contributed by atoms with E-state index < -0.39 is 12.2 Å². The molecule has 0 aromatic carbocycles. The average Bonchev–Trinajstić information content (AvgIpc) is 3.77. The maximum Gasteiger partial charge on any atom is 0.334 e. The van der Waals surface area contributed by atoms with Crippen molar-refractivity contribution in [3.05, 3.63) is 11.6 Å². The molecule has 0 aliphatic carbocycles. The van der Waals surface area contributed by atoms with E-state index in [1.165, 1.54) is 25.7 Å². The summed E-state index contributed by atoms with van der Waals surface area (Å²) in [5.41, 5.74) is 0.700. The third-order valence-electron chi connectivity index (χ3n) is 10.1. The summed E-state index contributed by atoms with van der Waals surface area (Å²) >= 11 is 0. The molecule has 0 spiro atoms. The molecule has 0 aromatic rings. The van der Waals surface area contributed by atoms with Crippen LogP contribution in [0.3, 0.4) is 0 Å². The first-order chi connectivity index (χ1) is 21.8. The van der Waals surface area contributed by atoms with E-state index in [1.54, 1.807) is 0 Å². The molecule has 3 heterocycles. The zero-order chi connectivity index (χ0) is 32.4. The van der Waals surface area contributed by atoms with Crippen LogP contribution in [0.1, 0.15) is 162 Å². The third kappa shape index (κ3) is 14.7. The summed E-state index contributed by atoms with van der Waals surface area (Å²) in [4.78, 5) is 11.7. The Kier molecular flexibility index (Phi) is 18.6. The number of aliphatic hydroxyl groups excluding tert-OH is 4. The van der Waals surface area contributed by atoms with E-state index in [2.05, 4.69) is 6.92 Å². The van der Waals surface area contributed by atoms with Gasteiger partial charge < -0.3 is 34.6 Å². The summed E-state index contributed by atoms with van der Waals surface area (Å²) in [6.45, 7) is 4.05. The standard InChI is InChI=1S/C37H66O8/c1-3-4-5-11-15-29(38)17-14-19-32(41)34-23-25-36(45-34)35-24-22-33(44-35)31(40)18-13-10-8-6-7-9-12-16-30(39)21-20-28-26-27(2)43-37(28)42/h26-27,29-36,38-41H,3-25H2,1-2H3/t27-,29+,30+,31+,32-,33+,34+,35+,36+/m1/s1. The molecular formula is C37H66O8. The molecule has 3 rings (SSSR count). The van der Waals surface area contributed by atoms with E-state index in [1.807, 2.05) is 13.0 Å². The summed E-state index contributed by atoms with van der Waals surface area (Å²) in [7, 11) is 0. The number of ether oxygens (including phenoxy) is 3. The van der Waals surface area contributed by atoms with Crippen LogP contribution < -0.4 is 0 Å². The number of carbonyl (C=O) groups is 1. The highest BCUT2D eigenvalue weighted by Gasteiger charge is 2.40. The molecule has 8 nitrogen and oxygen atoms in total. The van der Waals surface area contributed by atoms with Crippen molar-refractivity contribution < 1.29 is 39.4 Å². The Hall–Kier alpha value is -1.03. The van der Waals surface area contributed by atoms with Crippen LogP contribution in [0, 0.1) is 0 Å². The Morgan fingerprint density at radius 2 is 1.11 bits per heavy atom. The molecule has 0 saturated carbocycles. The van der Waals surface area contributed by atoms with E-state index in [0.717, 1.165) is 103 Å². The number of esters is 1. The molecule has 4 N–H and O–H groups in total. The first-order valence-corrected chi connectivity index (χ1v) is 18.7. The lowest BCUT2D eigenvalue weighted by atomic mass is 9.99. The number of aliphatic hydroxyl groups is 4. The van der Waals surface area contributed by atoms with Crippen molar-refractivity contribution >= 4 is 5.97 Å². The minimum atomic E-state index is -0.492. The van der Waals surface area contributed by atoms with E-state index in [4.69, 9.17) is 14.2 Å². The minimum absolute atomic E-state index is 0.000530. The van der Waals surface area contributed by atoms with Gasteiger partial charge in [-0.25, -0.2) is 4.79 Å². The lowest BCUT2D eigenvalue weighted by Crippen LogP contribution is -2.33. The summed E-state index contributed by atoms with van der Waals surface area (Å²) < 4.78 is 17.6. The topological polar surface area (TPSA) is 126 Å². The fraction of sp³-hybridized carbons (Fsp3) is 0.919.